The van der Waals surface area contributed by atoms with Crippen LogP contribution in [0.4, 0.5) is 0 Å². The van der Waals surface area contributed by atoms with Crippen molar-refractivity contribution in [2.45, 2.75) is 32.7 Å². The second kappa shape index (κ2) is 7.00. The molecule has 90 valence electrons. The highest BCUT2D eigenvalue weighted by molar-refractivity contribution is 5.76. The van der Waals surface area contributed by atoms with E-state index in [4.69, 9.17) is 4.74 Å². The summed E-state index contributed by atoms with van der Waals surface area (Å²) >= 11 is 0. The molecule has 0 spiro atoms. The average molecular weight is 225 g/mol. The number of nitrogens with one attached hydrogen (secondary N) is 2. The summed E-state index contributed by atoms with van der Waals surface area (Å²) in [5.41, 5.74) is 0.984. The van der Waals surface area contributed by atoms with E-state index in [-0.39, 0.29) is 11.9 Å². The number of carbonyl (C=O) groups is 1. The summed E-state index contributed by atoms with van der Waals surface area (Å²) in [5, 5.41) is 9.47. The summed E-state index contributed by atoms with van der Waals surface area (Å²) in [7, 11) is 0. The van der Waals surface area contributed by atoms with Crippen molar-refractivity contribution in [3.05, 3.63) is 18.0 Å². The third-order valence-electron chi connectivity index (χ3n) is 2.29. The maximum atomic E-state index is 11.5. The largest absolute Gasteiger partial charge is 0.382 e. The maximum absolute atomic E-state index is 11.5. The van der Waals surface area contributed by atoms with Crippen molar-refractivity contribution in [1.29, 1.82) is 0 Å². The molecule has 5 heteroatoms. The number of aromatic amines is 1. The molecule has 0 saturated carbocycles. The number of ether oxygens (including phenoxy) is 1. The number of nitrogens with zero attached hydrogens (tertiary/aromatic N) is 1. The molecule has 0 aliphatic carbocycles. The molecule has 0 fully saturated rings. The van der Waals surface area contributed by atoms with Gasteiger partial charge in [0.25, 0.3) is 0 Å². The number of hydrogen-bond donors (Lipinski definition) is 2. The monoisotopic (exact) mass is 225 g/mol. The lowest BCUT2D eigenvalue weighted by Crippen LogP contribution is -2.26. The summed E-state index contributed by atoms with van der Waals surface area (Å²) in [6, 6.07) is -0.00153. The summed E-state index contributed by atoms with van der Waals surface area (Å²) in [6.45, 7) is 5.23. The molecular weight excluding hydrogens is 206 g/mol. The van der Waals surface area contributed by atoms with Gasteiger partial charge < -0.3 is 10.1 Å². The number of hydrogen-bond acceptors (Lipinski definition) is 3. The highest BCUT2D eigenvalue weighted by Gasteiger charge is 2.09. The molecule has 2 N–H and O–H groups in total. The van der Waals surface area contributed by atoms with Crippen molar-refractivity contribution in [3.8, 4) is 0 Å². The summed E-state index contributed by atoms with van der Waals surface area (Å²) < 4.78 is 5.17. The number of H-pyrrole nitrogens is 1. The van der Waals surface area contributed by atoms with Gasteiger partial charge in [-0.05, 0) is 20.3 Å². The van der Waals surface area contributed by atoms with Crippen LogP contribution < -0.4 is 5.32 Å². The lowest BCUT2D eigenvalue weighted by molar-refractivity contribution is -0.122. The Hall–Kier alpha value is -1.36. The van der Waals surface area contributed by atoms with E-state index in [1.54, 1.807) is 12.4 Å². The van der Waals surface area contributed by atoms with Gasteiger partial charge in [-0.15, -0.1) is 0 Å². The molecular formula is C11H19N3O2. The fourth-order valence-electron chi connectivity index (χ4n) is 1.37. The molecule has 1 atom stereocenters. The van der Waals surface area contributed by atoms with Gasteiger partial charge in [-0.1, -0.05) is 0 Å². The minimum atomic E-state index is -0.00153. The molecule has 0 aliphatic heterocycles. The molecule has 1 unspecified atom stereocenters. The van der Waals surface area contributed by atoms with Gasteiger partial charge in [-0.3, -0.25) is 9.89 Å². The second-order valence-corrected chi connectivity index (χ2v) is 3.62. The predicted molar refractivity (Wildman–Crippen MR) is 60.9 cm³/mol. The Morgan fingerprint density at radius 2 is 2.50 bits per heavy atom. The van der Waals surface area contributed by atoms with Gasteiger partial charge in [0.2, 0.25) is 5.91 Å². The Morgan fingerprint density at radius 3 is 3.12 bits per heavy atom. The van der Waals surface area contributed by atoms with E-state index in [2.05, 4.69) is 15.5 Å². The zero-order valence-electron chi connectivity index (χ0n) is 9.82. The van der Waals surface area contributed by atoms with Gasteiger partial charge in [-0.25, -0.2) is 0 Å². The lowest BCUT2D eigenvalue weighted by Gasteiger charge is -2.11. The minimum absolute atomic E-state index is 0.00153. The Balaban J connectivity index is 2.19. The van der Waals surface area contributed by atoms with E-state index < -0.39 is 0 Å². The first-order valence-corrected chi connectivity index (χ1v) is 5.59. The third-order valence-corrected chi connectivity index (χ3v) is 2.29. The SMILES string of the molecule is CCOCCCC(=O)NC(C)c1cn[nH]c1. The van der Waals surface area contributed by atoms with E-state index in [1.807, 2.05) is 13.8 Å². The summed E-state index contributed by atoms with van der Waals surface area (Å²) in [4.78, 5) is 11.5. The fourth-order valence-corrected chi connectivity index (χ4v) is 1.37. The summed E-state index contributed by atoms with van der Waals surface area (Å²) in [5.74, 6) is 0.0494. The van der Waals surface area contributed by atoms with E-state index in [1.165, 1.54) is 0 Å². The van der Waals surface area contributed by atoms with Crippen LogP contribution in [-0.2, 0) is 9.53 Å². The lowest BCUT2D eigenvalue weighted by atomic mass is 10.2. The maximum Gasteiger partial charge on any atom is 0.220 e. The van der Waals surface area contributed by atoms with Crippen LogP contribution in [0.25, 0.3) is 0 Å². The van der Waals surface area contributed by atoms with Gasteiger partial charge >= 0.3 is 0 Å². The standard InChI is InChI=1S/C11H19N3O2/c1-3-16-6-4-5-11(15)14-9(2)10-7-12-13-8-10/h7-9H,3-6H2,1-2H3,(H,12,13)(H,14,15). The van der Waals surface area contributed by atoms with Crippen molar-refractivity contribution in [1.82, 2.24) is 15.5 Å². The molecule has 1 amide bonds. The molecule has 0 saturated heterocycles. The first-order chi connectivity index (χ1) is 7.74. The third kappa shape index (κ3) is 4.44. The molecule has 0 bridgehead atoms. The molecule has 5 nitrogen and oxygen atoms in total. The van der Waals surface area contributed by atoms with Gasteiger partial charge in [0.05, 0.1) is 12.2 Å². The van der Waals surface area contributed by atoms with Gasteiger partial charge in [0, 0.05) is 31.4 Å². The molecule has 1 heterocycles. The molecule has 0 aliphatic rings. The summed E-state index contributed by atoms with van der Waals surface area (Å²) in [6.07, 6.45) is 4.76. The fraction of sp³-hybridized carbons (Fsp3) is 0.636. The van der Waals surface area contributed by atoms with E-state index >= 15 is 0 Å². The zero-order chi connectivity index (χ0) is 11.8. The van der Waals surface area contributed by atoms with Crippen LogP contribution in [0.15, 0.2) is 12.4 Å². The Morgan fingerprint density at radius 1 is 1.69 bits per heavy atom. The van der Waals surface area contributed by atoms with Crippen molar-refractivity contribution >= 4 is 5.91 Å². The van der Waals surface area contributed by atoms with Crippen LogP contribution in [0.1, 0.15) is 38.3 Å². The van der Waals surface area contributed by atoms with Gasteiger partial charge in [0.15, 0.2) is 0 Å². The van der Waals surface area contributed by atoms with Crippen LogP contribution in [0.2, 0.25) is 0 Å². The Labute approximate surface area is 95.6 Å². The van der Waals surface area contributed by atoms with E-state index in [0.29, 0.717) is 19.6 Å². The van der Waals surface area contributed by atoms with E-state index in [0.717, 1.165) is 12.0 Å². The van der Waals surface area contributed by atoms with Crippen molar-refractivity contribution < 1.29 is 9.53 Å². The van der Waals surface area contributed by atoms with Crippen molar-refractivity contribution in [2.75, 3.05) is 13.2 Å². The van der Waals surface area contributed by atoms with Gasteiger partial charge in [0.1, 0.15) is 0 Å². The Bertz CT molecular complexity index is 298. The highest BCUT2D eigenvalue weighted by atomic mass is 16.5. The first kappa shape index (κ1) is 12.7. The van der Waals surface area contributed by atoms with Crippen LogP contribution >= 0.6 is 0 Å². The van der Waals surface area contributed by atoms with Crippen molar-refractivity contribution in [2.24, 2.45) is 0 Å². The van der Waals surface area contributed by atoms with Crippen LogP contribution in [0.5, 0.6) is 0 Å². The number of carbonyl (C=O) groups excluding carboxylic acids is 1. The topological polar surface area (TPSA) is 67.0 Å². The van der Waals surface area contributed by atoms with Crippen LogP contribution in [-0.4, -0.2) is 29.3 Å². The molecule has 1 aromatic rings. The normalized spacial score (nSPS) is 12.4. The van der Waals surface area contributed by atoms with Crippen molar-refractivity contribution in [3.63, 3.8) is 0 Å². The minimum Gasteiger partial charge on any atom is -0.382 e. The molecule has 1 rings (SSSR count). The second-order valence-electron chi connectivity index (χ2n) is 3.62. The smallest absolute Gasteiger partial charge is 0.220 e. The Kier molecular flexibility index (Phi) is 5.56. The molecule has 16 heavy (non-hydrogen) atoms. The molecule has 0 aromatic carbocycles. The highest BCUT2D eigenvalue weighted by Crippen LogP contribution is 2.09. The first-order valence-electron chi connectivity index (χ1n) is 5.59. The molecule has 1 aromatic heterocycles. The predicted octanol–water partition coefficient (Wildman–Crippen LogP) is 1.40. The average Bonchev–Trinajstić information content (AvgIpc) is 2.77. The number of rotatable bonds is 7. The van der Waals surface area contributed by atoms with E-state index in [9.17, 15) is 4.79 Å². The zero-order valence-corrected chi connectivity index (χ0v) is 9.82. The van der Waals surface area contributed by atoms with Gasteiger partial charge in [-0.2, -0.15) is 5.10 Å². The number of amides is 1. The van der Waals surface area contributed by atoms with Crippen LogP contribution in [0.3, 0.4) is 0 Å². The molecule has 0 radical (unpaired) electrons. The van der Waals surface area contributed by atoms with Crippen LogP contribution in [0, 0.1) is 0 Å². The number of aromatic nitrogens is 2. The quantitative estimate of drug-likeness (QED) is 0.689.